The second-order valence-corrected chi connectivity index (χ2v) is 4.60. The molecule has 0 unspecified atom stereocenters. The van der Waals surface area contributed by atoms with Gasteiger partial charge in [-0.05, 0) is 17.5 Å². The minimum absolute atomic E-state index is 0.567. The fraction of sp³-hybridized carbons (Fsp3) is 0.222. The number of benzene rings is 2. The van der Waals surface area contributed by atoms with Crippen LogP contribution >= 0.6 is 0 Å². The molecule has 20 heavy (non-hydrogen) atoms. The summed E-state index contributed by atoms with van der Waals surface area (Å²) in [6.07, 6.45) is 1.73. The Morgan fingerprint density at radius 3 is 2.25 bits per heavy atom. The molecule has 2 rings (SSSR count). The van der Waals surface area contributed by atoms with Gasteiger partial charge in [0.2, 0.25) is 6.54 Å². The highest BCUT2D eigenvalue weighted by Gasteiger charge is 2.04. The average molecular weight is 262 g/mol. The summed E-state index contributed by atoms with van der Waals surface area (Å²) < 4.78 is 0. The lowest BCUT2D eigenvalue weighted by atomic mass is 10.1. The maximum atomic E-state index is 6.87. The largest absolute Gasteiger partial charge is 0.317 e. The molecule has 100 valence electrons. The van der Waals surface area contributed by atoms with Gasteiger partial charge in [-0.2, -0.15) is 0 Å². The van der Waals surface area contributed by atoms with Crippen LogP contribution in [-0.4, -0.2) is 12.3 Å². The molecule has 0 saturated carbocycles. The molecule has 2 nitrogen and oxygen atoms in total. The van der Waals surface area contributed by atoms with Crippen molar-refractivity contribution < 1.29 is 0 Å². The van der Waals surface area contributed by atoms with Crippen molar-refractivity contribution >= 4 is 5.71 Å². The first-order valence-electron chi connectivity index (χ1n) is 6.86. The minimum Gasteiger partial charge on any atom is -0.317 e. The molecular weight excluding hydrogens is 244 g/mol. The summed E-state index contributed by atoms with van der Waals surface area (Å²) in [5.74, 6) is 0. The zero-order valence-electron chi connectivity index (χ0n) is 11.5. The van der Waals surface area contributed by atoms with Gasteiger partial charge in [-0.1, -0.05) is 60.7 Å². The molecule has 2 heteroatoms. The molecule has 0 spiro atoms. The predicted octanol–water partition coefficient (Wildman–Crippen LogP) is 4.38. The Kier molecular flexibility index (Phi) is 5.54. The fourth-order valence-corrected chi connectivity index (χ4v) is 2.04. The van der Waals surface area contributed by atoms with Gasteiger partial charge in [0.25, 0.3) is 0 Å². The van der Waals surface area contributed by atoms with Crippen molar-refractivity contribution in [3.05, 3.63) is 83.2 Å². The van der Waals surface area contributed by atoms with E-state index in [1.807, 2.05) is 36.4 Å². The van der Waals surface area contributed by atoms with Crippen LogP contribution in [0.15, 0.2) is 65.7 Å². The molecule has 0 atom stereocenters. The molecular formula is C18H18N2. The van der Waals surface area contributed by atoms with Crippen LogP contribution in [0.3, 0.4) is 0 Å². The SMILES string of the molecule is [C-]#[N+]CCCC(=NCc1ccccc1)c1ccccc1. The van der Waals surface area contributed by atoms with Crippen LogP contribution in [-0.2, 0) is 6.54 Å². The Labute approximate surface area is 120 Å². The second kappa shape index (κ2) is 7.91. The summed E-state index contributed by atoms with van der Waals surface area (Å²) in [7, 11) is 0. The number of hydrogen-bond acceptors (Lipinski definition) is 1. The first-order valence-corrected chi connectivity index (χ1v) is 6.86. The van der Waals surface area contributed by atoms with E-state index < -0.39 is 0 Å². The quantitative estimate of drug-likeness (QED) is 0.417. The van der Waals surface area contributed by atoms with Gasteiger partial charge in [0, 0.05) is 12.1 Å². The molecule has 0 fully saturated rings. The molecule has 0 aliphatic rings. The fourth-order valence-electron chi connectivity index (χ4n) is 2.04. The van der Waals surface area contributed by atoms with Crippen molar-refractivity contribution in [1.82, 2.24) is 0 Å². The molecule has 0 heterocycles. The highest BCUT2D eigenvalue weighted by molar-refractivity contribution is 6.00. The van der Waals surface area contributed by atoms with E-state index >= 15 is 0 Å². The topological polar surface area (TPSA) is 16.7 Å². The molecule has 2 aromatic carbocycles. The first-order chi connectivity index (χ1) is 9.90. The van der Waals surface area contributed by atoms with Gasteiger partial charge in [0.05, 0.1) is 6.54 Å². The number of nitrogens with zero attached hydrogens (tertiary/aromatic N) is 2. The highest BCUT2D eigenvalue weighted by Crippen LogP contribution is 2.09. The summed E-state index contributed by atoms with van der Waals surface area (Å²) in [6.45, 7) is 8.14. The summed E-state index contributed by atoms with van der Waals surface area (Å²) in [5, 5.41) is 0. The summed E-state index contributed by atoms with van der Waals surface area (Å²) in [5.41, 5.74) is 3.47. The molecule has 0 N–H and O–H groups in total. The van der Waals surface area contributed by atoms with E-state index in [4.69, 9.17) is 11.6 Å². The Morgan fingerprint density at radius 1 is 0.950 bits per heavy atom. The third-order valence-corrected chi connectivity index (χ3v) is 3.09. The van der Waals surface area contributed by atoms with Crippen LogP contribution in [0.1, 0.15) is 24.0 Å². The van der Waals surface area contributed by atoms with E-state index in [9.17, 15) is 0 Å². The van der Waals surface area contributed by atoms with E-state index in [0.29, 0.717) is 13.1 Å². The zero-order chi connectivity index (χ0) is 14.0. The summed E-state index contributed by atoms with van der Waals surface area (Å²) in [4.78, 5) is 8.16. The Bertz CT molecular complexity index is 580. The van der Waals surface area contributed by atoms with Crippen LogP contribution in [0.4, 0.5) is 0 Å². The van der Waals surface area contributed by atoms with Crippen LogP contribution in [0.25, 0.3) is 4.85 Å². The number of aliphatic imine (C=N–C) groups is 1. The molecule has 0 aliphatic carbocycles. The van der Waals surface area contributed by atoms with Gasteiger partial charge in [-0.3, -0.25) is 4.99 Å². The van der Waals surface area contributed by atoms with Crippen LogP contribution < -0.4 is 0 Å². The molecule has 0 radical (unpaired) electrons. The van der Waals surface area contributed by atoms with Crippen molar-refractivity contribution in [3.8, 4) is 0 Å². The van der Waals surface area contributed by atoms with Crippen molar-refractivity contribution in [2.24, 2.45) is 4.99 Å². The van der Waals surface area contributed by atoms with Crippen LogP contribution in [0, 0.1) is 6.57 Å². The maximum absolute atomic E-state index is 6.87. The van der Waals surface area contributed by atoms with Crippen molar-refractivity contribution in [2.75, 3.05) is 6.54 Å². The monoisotopic (exact) mass is 262 g/mol. The Hall–Kier alpha value is -2.40. The van der Waals surface area contributed by atoms with E-state index in [-0.39, 0.29) is 0 Å². The van der Waals surface area contributed by atoms with Crippen LogP contribution in [0.2, 0.25) is 0 Å². The van der Waals surface area contributed by atoms with Crippen molar-refractivity contribution in [3.63, 3.8) is 0 Å². The van der Waals surface area contributed by atoms with Gasteiger partial charge in [0.1, 0.15) is 0 Å². The normalized spacial score (nSPS) is 11.1. The molecule has 0 bridgehead atoms. The Balaban J connectivity index is 2.12. The van der Waals surface area contributed by atoms with Gasteiger partial charge < -0.3 is 4.85 Å². The van der Waals surface area contributed by atoms with E-state index in [1.54, 1.807) is 0 Å². The molecule has 0 amide bonds. The molecule has 0 aliphatic heterocycles. The predicted molar refractivity (Wildman–Crippen MR) is 83.8 cm³/mol. The average Bonchev–Trinajstić information content (AvgIpc) is 2.52. The smallest absolute Gasteiger partial charge is 0.215 e. The minimum atomic E-state index is 0.567. The highest BCUT2D eigenvalue weighted by atomic mass is 14.7. The maximum Gasteiger partial charge on any atom is 0.215 e. The first kappa shape index (κ1) is 14.0. The lowest BCUT2D eigenvalue weighted by molar-refractivity contribution is 0.935. The van der Waals surface area contributed by atoms with Gasteiger partial charge in [-0.15, -0.1) is 0 Å². The third-order valence-electron chi connectivity index (χ3n) is 3.09. The number of rotatable bonds is 6. The summed E-state index contributed by atoms with van der Waals surface area (Å²) in [6, 6.07) is 20.5. The standard InChI is InChI=1S/C18H18N2/c1-19-14-8-13-18(17-11-6-3-7-12-17)20-15-16-9-4-2-5-10-16/h2-7,9-12H,8,13-15H2. The number of hydrogen-bond donors (Lipinski definition) is 0. The second-order valence-electron chi connectivity index (χ2n) is 4.60. The molecule has 2 aromatic rings. The van der Waals surface area contributed by atoms with Crippen molar-refractivity contribution in [2.45, 2.75) is 19.4 Å². The molecule has 0 aromatic heterocycles. The summed E-state index contributed by atoms with van der Waals surface area (Å²) >= 11 is 0. The van der Waals surface area contributed by atoms with Crippen molar-refractivity contribution in [1.29, 1.82) is 0 Å². The van der Waals surface area contributed by atoms with Gasteiger partial charge in [0.15, 0.2) is 0 Å². The van der Waals surface area contributed by atoms with E-state index in [0.717, 1.165) is 24.1 Å². The third kappa shape index (κ3) is 4.37. The lowest BCUT2D eigenvalue weighted by Crippen LogP contribution is -2.02. The Morgan fingerprint density at radius 2 is 1.60 bits per heavy atom. The zero-order valence-corrected chi connectivity index (χ0v) is 11.5. The van der Waals surface area contributed by atoms with E-state index in [2.05, 4.69) is 29.1 Å². The van der Waals surface area contributed by atoms with Gasteiger partial charge in [-0.25, -0.2) is 6.57 Å². The van der Waals surface area contributed by atoms with Gasteiger partial charge >= 0.3 is 0 Å². The lowest BCUT2D eigenvalue weighted by Gasteiger charge is -2.06. The molecule has 0 saturated heterocycles. The van der Waals surface area contributed by atoms with E-state index in [1.165, 1.54) is 5.56 Å². The van der Waals surface area contributed by atoms with Crippen LogP contribution in [0.5, 0.6) is 0 Å².